The van der Waals surface area contributed by atoms with Gasteiger partial charge in [0.1, 0.15) is 0 Å². The van der Waals surface area contributed by atoms with E-state index < -0.39 is 0 Å². The van der Waals surface area contributed by atoms with E-state index in [2.05, 4.69) is 40.7 Å². The minimum absolute atomic E-state index is 1.38. The SMILES string of the molecule is C/C=C(/C)C(C)=C(C)C. The summed E-state index contributed by atoms with van der Waals surface area (Å²) >= 11 is 0. The van der Waals surface area contributed by atoms with Crippen LogP contribution < -0.4 is 0 Å². The number of hydrogen-bond acceptors (Lipinski definition) is 0. The zero-order valence-corrected chi connectivity index (χ0v) is 7.08. The fraction of sp³-hybridized carbons (Fsp3) is 0.556. The van der Waals surface area contributed by atoms with Gasteiger partial charge in [0.2, 0.25) is 0 Å². The van der Waals surface area contributed by atoms with E-state index in [1.54, 1.807) is 0 Å². The van der Waals surface area contributed by atoms with Crippen molar-refractivity contribution >= 4 is 0 Å². The van der Waals surface area contributed by atoms with Crippen LogP contribution in [0.25, 0.3) is 0 Å². The van der Waals surface area contributed by atoms with Gasteiger partial charge < -0.3 is 0 Å². The summed E-state index contributed by atoms with van der Waals surface area (Å²) in [7, 11) is 0. The molecule has 0 saturated carbocycles. The molecule has 0 heterocycles. The molecular formula is C9H16. The van der Waals surface area contributed by atoms with Crippen LogP contribution in [-0.4, -0.2) is 0 Å². The fourth-order valence-electron chi connectivity index (χ4n) is 0.611. The number of allylic oxidation sites excluding steroid dienone is 4. The minimum Gasteiger partial charge on any atom is -0.0845 e. The molecule has 0 aromatic carbocycles. The van der Waals surface area contributed by atoms with Crippen molar-refractivity contribution < 1.29 is 0 Å². The third-order valence-electron chi connectivity index (χ3n) is 1.77. The average molecular weight is 124 g/mol. The van der Waals surface area contributed by atoms with E-state index in [4.69, 9.17) is 0 Å². The molecule has 0 N–H and O–H groups in total. The standard InChI is InChI=1S/C9H16/c1-6-8(4)9(5)7(2)3/h6H,1-5H3/b8-6-. The third-order valence-corrected chi connectivity index (χ3v) is 1.77. The summed E-state index contributed by atoms with van der Waals surface area (Å²) < 4.78 is 0. The van der Waals surface area contributed by atoms with E-state index in [1.165, 1.54) is 16.7 Å². The van der Waals surface area contributed by atoms with Crippen LogP contribution in [0.2, 0.25) is 0 Å². The van der Waals surface area contributed by atoms with E-state index in [1.807, 2.05) is 0 Å². The van der Waals surface area contributed by atoms with Crippen LogP contribution in [-0.2, 0) is 0 Å². The molecule has 0 atom stereocenters. The monoisotopic (exact) mass is 124 g/mol. The normalized spacial score (nSPS) is 11.4. The van der Waals surface area contributed by atoms with Crippen molar-refractivity contribution in [1.82, 2.24) is 0 Å². The average Bonchev–Trinajstić information content (AvgIpc) is 1.84. The third kappa shape index (κ3) is 2.50. The van der Waals surface area contributed by atoms with E-state index in [0.717, 1.165) is 0 Å². The molecule has 0 saturated heterocycles. The second-order valence-corrected chi connectivity index (χ2v) is 2.60. The molecule has 52 valence electrons. The molecule has 0 heteroatoms. The molecule has 0 aliphatic rings. The summed E-state index contributed by atoms with van der Waals surface area (Å²) in [5.74, 6) is 0. The summed E-state index contributed by atoms with van der Waals surface area (Å²) in [6.07, 6.45) is 2.14. The van der Waals surface area contributed by atoms with Gasteiger partial charge in [0.05, 0.1) is 0 Å². The predicted octanol–water partition coefficient (Wildman–Crippen LogP) is 3.31. The Morgan fingerprint density at radius 1 is 1.00 bits per heavy atom. The molecule has 0 unspecified atom stereocenters. The Hall–Kier alpha value is -0.520. The van der Waals surface area contributed by atoms with Gasteiger partial charge >= 0.3 is 0 Å². The van der Waals surface area contributed by atoms with Crippen LogP contribution >= 0.6 is 0 Å². The Morgan fingerprint density at radius 3 is 1.56 bits per heavy atom. The van der Waals surface area contributed by atoms with E-state index in [-0.39, 0.29) is 0 Å². The first-order chi connectivity index (χ1) is 4.09. The highest BCUT2D eigenvalue weighted by molar-refractivity contribution is 5.29. The first kappa shape index (κ1) is 8.48. The summed E-state index contributed by atoms with van der Waals surface area (Å²) in [6.45, 7) is 10.7. The smallest absolute Gasteiger partial charge is 0.0396 e. The molecular weight excluding hydrogens is 108 g/mol. The maximum Gasteiger partial charge on any atom is -0.0396 e. The van der Waals surface area contributed by atoms with Crippen molar-refractivity contribution in [3.63, 3.8) is 0 Å². The molecule has 0 fully saturated rings. The van der Waals surface area contributed by atoms with Gasteiger partial charge in [-0.15, -0.1) is 0 Å². The molecule has 0 aromatic rings. The number of hydrogen-bond donors (Lipinski definition) is 0. The zero-order valence-electron chi connectivity index (χ0n) is 7.08. The largest absolute Gasteiger partial charge is 0.0845 e. The molecule has 0 bridgehead atoms. The fourth-order valence-corrected chi connectivity index (χ4v) is 0.611. The Morgan fingerprint density at radius 2 is 1.44 bits per heavy atom. The molecule has 9 heavy (non-hydrogen) atoms. The quantitative estimate of drug-likeness (QED) is 0.470. The predicted molar refractivity (Wildman–Crippen MR) is 43.5 cm³/mol. The Balaban J connectivity index is 4.40. The summed E-state index contributed by atoms with van der Waals surface area (Å²) in [5, 5.41) is 0. The lowest BCUT2D eigenvalue weighted by Gasteiger charge is -2.01. The minimum atomic E-state index is 1.38. The number of rotatable bonds is 1. The van der Waals surface area contributed by atoms with Crippen molar-refractivity contribution in [3.8, 4) is 0 Å². The van der Waals surface area contributed by atoms with Gasteiger partial charge in [-0.1, -0.05) is 17.2 Å². The maximum absolute atomic E-state index is 2.16. The first-order valence-electron chi connectivity index (χ1n) is 3.37. The second-order valence-electron chi connectivity index (χ2n) is 2.60. The van der Waals surface area contributed by atoms with Crippen molar-refractivity contribution in [2.75, 3.05) is 0 Å². The van der Waals surface area contributed by atoms with E-state index >= 15 is 0 Å². The summed E-state index contributed by atoms with van der Waals surface area (Å²) in [4.78, 5) is 0. The van der Waals surface area contributed by atoms with Gasteiger partial charge in [-0.3, -0.25) is 0 Å². The molecule has 0 spiro atoms. The highest BCUT2D eigenvalue weighted by Gasteiger charge is 1.91. The highest BCUT2D eigenvalue weighted by atomic mass is 14.0. The van der Waals surface area contributed by atoms with E-state index in [0.29, 0.717) is 0 Å². The van der Waals surface area contributed by atoms with Gasteiger partial charge in [-0.05, 0) is 40.2 Å². The lowest BCUT2D eigenvalue weighted by molar-refractivity contribution is 1.22. The van der Waals surface area contributed by atoms with Gasteiger partial charge in [0.25, 0.3) is 0 Å². The van der Waals surface area contributed by atoms with Crippen molar-refractivity contribution in [3.05, 3.63) is 22.8 Å². The molecule has 0 amide bonds. The molecule has 0 aliphatic heterocycles. The Kier molecular flexibility index (Phi) is 3.29. The Labute approximate surface area is 58.3 Å². The summed E-state index contributed by atoms with van der Waals surface area (Å²) in [5.41, 5.74) is 4.21. The lowest BCUT2D eigenvalue weighted by Crippen LogP contribution is -1.80. The maximum atomic E-state index is 2.16. The van der Waals surface area contributed by atoms with Crippen LogP contribution in [0.4, 0.5) is 0 Å². The van der Waals surface area contributed by atoms with Crippen LogP contribution in [0, 0.1) is 0 Å². The van der Waals surface area contributed by atoms with Crippen molar-refractivity contribution in [1.29, 1.82) is 0 Å². The van der Waals surface area contributed by atoms with Crippen LogP contribution in [0.15, 0.2) is 22.8 Å². The zero-order chi connectivity index (χ0) is 7.44. The molecule has 0 aromatic heterocycles. The molecule has 0 aliphatic carbocycles. The lowest BCUT2D eigenvalue weighted by atomic mass is 10.1. The van der Waals surface area contributed by atoms with Crippen molar-refractivity contribution in [2.24, 2.45) is 0 Å². The second kappa shape index (κ2) is 3.49. The van der Waals surface area contributed by atoms with E-state index in [9.17, 15) is 0 Å². The molecule has 0 radical (unpaired) electrons. The van der Waals surface area contributed by atoms with Crippen molar-refractivity contribution in [2.45, 2.75) is 34.6 Å². The Bertz CT molecular complexity index is 143. The van der Waals surface area contributed by atoms with Crippen LogP contribution in [0.3, 0.4) is 0 Å². The van der Waals surface area contributed by atoms with Gasteiger partial charge in [-0.2, -0.15) is 0 Å². The topological polar surface area (TPSA) is 0 Å². The first-order valence-corrected chi connectivity index (χ1v) is 3.37. The van der Waals surface area contributed by atoms with Crippen LogP contribution in [0.5, 0.6) is 0 Å². The molecule has 0 rings (SSSR count). The van der Waals surface area contributed by atoms with Gasteiger partial charge in [0.15, 0.2) is 0 Å². The molecule has 0 nitrogen and oxygen atoms in total. The van der Waals surface area contributed by atoms with Gasteiger partial charge in [-0.25, -0.2) is 0 Å². The van der Waals surface area contributed by atoms with Gasteiger partial charge in [0, 0.05) is 0 Å². The van der Waals surface area contributed by atoms with Crippen LogP contribution in [0.1, 0.15) is 34.6 Å². The summed E-state index contributed by atoms with van der Waals surface area (Å²) in [6, 6.07) is 0. The highest BCUT2D eigenvalue weighted by Crippen LogP contribution is 2.11.